The van der Waals surface area contributed by atoms with Crippen LogP contribution in [0, 0.1) is 6.92 Å². The zero-order chi connectivity index (χ0) is 14.8. The molecule has 0 radical (unpaired) electrons. The summed E-state index contributed by atoms with van der Waals surface area (Å²) in [6, 6.07) is 8.85. The van der Waals surface area contributed by atoms with Crippen LogP contribution in [0.5, 0.6) is 5.75 Å². The molecule has 1 heterocycles. The summed E-state index contributed by atoms with van der Waals surface area (Å²) in [4.78, 5) is 3.23. The summed E-state index contributed by atoms with van der Waals surface area (Å²) >= 11 is 5.87. The Morgan fingerprint density at radius 1 is 1.24 bits per heavy atom. The minimum atomic E-state index is 0.231. The van der Waals surface area contributed by atoms with Crippen molar-refractivity contribution < 1.29 is 4.74 Å². The maximum absolute atomic E-state index is 5.81. The van der Waals surface area contributed by atoms with Crippen LogP contribution >= 0.6 is 27.3 Å². The summed E-state index contributed by atoms with van der Waals surface area (Å²) in [7, 11) is 0. The van der Waals surface area contributed by atoms with Crippen molar-refractivity contribution in [3.8, 4) is 5.75 Å². The van der Waals surface area contributed by atoms with Crippen LogP contribution in [0.3, 0.4) is 0 Å². The van der Waals surface area contributed by atoms with Gasteiger partial charge in [0.25, 0.3) is 0 Å². The Morgan fingerprint density at radius 3 is 2.81 bits per heavy atom. The lowest BCUT2D eigenvalue weighted by atomic mass is 9.98. The average Bonchev–Trinajstić information content (AvgIpc) is 2.92. The molecule has 0 bridgehead atoms. The molecule has 3 heteroatoms. The van der Waals surface area contributed by atoms with E-state index in [4.69, 9.17) is 4.74 Å². The smallest absolute Gasteiger partial charge is 0.123 e. The summed E-state index contributed by atoms with van der Waals surface area (Å²) < 4.78 is 5.81. The van der Waals surface area contributed by atoms with Crippen molar-refractivity contribution in [2.45, 2.75) is 44.4 Å². The van der Waals surface area contributed by atoms with Crippen molar-refractivity contribution in [3.05, 3.63) is 50.7 Å². The van der Waals surface area contributed by atoms with Gasteiger partial charge in [0.05, 0.1) is 11.4 Å². The zero-order valence-corrected chi connectivity index (χ0v) is 15.0. The number of benzene rings is 1. The number of ether oxygens (including phenoxy) is 1. The molecule has 0 spiro atoms. The summed E-state index contributed by atoms with van der Waals surface area (Å²) in [5.74, 6) is 0.997. The fraction of sp³-hybridized carbons (Fsp3) is 0.444. The second-order valence-electron chi connectivity index (χ2n) is 5.64. The van der Waals surface area contributed by atoms with Gasteiger partial charge in [-0.3, -0.25) is 0 Å². The lowest BCUT2D eigenvalue weighted by Gasteiger charge is -2.15. The van der Waals surface area contributed by atoms with Gasteiger partial charge in [-0.2, -0.15) is 0 Å². The van der Waals surface area contributed by atoms with Crippen molar-refractivity contribution in [1.82, 2.24) is 0 Å². The number of rotatable bonds is 4. The molecule has 1 unspecified atom stereocenters. The highest BCUT2D eigenvalue weighted by atomic mass is 79.9. The van der Waals surface area contributed by atoms with E-state index in [-0.39, 0.29) is 4.83 Å². The van der Waals surface area contributed by atoms with Gasteiger partial charge in [0, 0.05) is 15.3 Å². The van der Waals surface area contributed by atoms with Gasteiger partial charge in [0.1, 0.15) is 5.75 Å². The van der Waals surface area contributed by atoms with Crippen molar-refractivity contribution in [3.63, 3.8) is 0 Å². The first-order chi connectivity index (χ1) is 10.2. The van der Waals surface area contributed by atoms with Gasteiger partial charge >= 0.3 is 0 Å². The Morgan fingerprint density at radius 2 is 2.05 bits per heavy atom. The Kier molecular flexibility index (Phi) is 4.70. The summed E-state index contributed by atoms with van der Waals surface area (Å²) in [5.41, 5.74) is 4.09. The van der Waals surface area contributed by atoms with Crippen LogP contribution in [-0.4, -0.2) is 6.61 Å². The van der Waals surface area contributed by atoms with E-state index in [0.29, 0.717) is 6.61 Å². The van der Waals surface area contributed by atoms with Gasteiger partial charge in [-0.1, -0.05) is 33.6 Å². The summed E-state index contributed by atoms with van der Waals surface area (Å²) in [6.07, 6.45) is 5.18. The number of halogens is 1. The SMILES string of the molecule is CCOc1ccc(C)cc1C(Br)c1cc2c(s1)CCCC2. The van der Waals surface area contributed by atoms with Gasteiger partial charge in [-0.25, -0.2) is 0 Å². The monoisotopic (exact) mass is 364 g/mol. The van der Waals surface area contributed by atoms with Gasteiger partial charge in [-0.05, 0) is 57.2 Å². The number of thiophene rings is 1. The molecular formula is C18H21BrOS. The molecule has 112 valence electrons. The molecule has 1 aromatic carbocycles. The first-order valence-electron chi connectivity index (χ1n) is 7.68. The Hall–Kier alpha value is -0.800. The maximum Gasteiger partial charge on any atom is 0.123 e. The van der Waals surface area contributed by atoms with Crippen molar-refractivity contribution in [1.29, 1.82) is 0 Å². The largest absolute Gasteiger partial charge is 0.494 e. The third-order valence-corrected chi connectivity index (χ3v) is 6.60. The van der Waals surface area contributed by atoms with Crippen molar-refractivity contribution in [2.24, 2.45) is 0 Å². The molecule has 1 aliphatic carbocycles. The molecule has 0 saturated heterocycles. The third-order valence-electron chi connectivity index (χ3n) is 4.00. The molecule has 2 aromatic rings. The molecule has 1 aliphatic rings. The van der Waals surface area contributed by atoms with E-state index in [9.17, 15) is 0 Å². The van der Waals surface area contributed by atoms with Crippen LogP contribution in [-0.2, 0) is 12.8 Å². The number of alkyl halides is 1. The Bertz CT molecular complexity index is 609. The van der Waals surface area contributed by atoms with E-state index in [1.54, 1.807) is 10.4 Å². The first kappa shape index (κ1) is 15.1. The van der Waals surface area contributed by atoms with Gasteiger partial charge in [0.15, 0.2) is 0 Å². The standard InChI is InChI=1S/C18H21BrOS/c1-3-20-15-9-8-12(2)10-14(15)18(19)17-11-13-6-4-5-7-16(13)21-17/h8-11,18H,3-7H2,1-2H3. The molecule has 1 aromatic heterocycles. The number of hydrogen-bond acceptors (Lipinski definition) is 2. The fourth-order valence-electron chi connectivity index (χ4n) is 2.94. The minimum Gasteiger partial charge on any atom is -0.494 e. The van der Waals surface area contributed by atoms with Crippen LogP contribution < -0.4 is 4.74 Å². The first-order valence-corrected chi connectivity index (χ1v) is 9.41. The second-order valence-corrected chi connectivity index (χ2v) is 7.73. The highest BCUT2D eigenvalue weighted by molar-refractivity contribution is 9.09. The van der Waals surface area contributed by atoms with E-state index >= 15 is 0 Å². The topological polar surface area (TPSA) is 9.23 Å². The second kappa shape index (κ2) is 6.53. The zero-order valence-electron chi connectivity index (χ0n) is 12.6. The van der Waals surface area contributed by atoms with Crippen molar-refractivity contribution >= 4 is 27.3 Å². The number of aryl methyl sites for hydroxylation is 3. The lowest BCUT2D eigenvalue weighted by Crippen LogP contribution is -1.99. The van der Waals surface area contributed by atoms with Gasteiger partial charge in [-0.15, -0.1) is 11.3 Å². The van der Waals surface area contributed by atoms with E-state index in [1.165, 1.54) is 41.7 Å². The fourth-order valence-corrected chi connectivity index (χ4v) is 4.97. The maximum atomic E-state index is 5.81. The molecule has 0 fully saturated rings. The molecule has 0 amide bonds. The molecule has 1 nitrogen and oxygen atoms in total. The quantitative estimate of drug-likeness (QED) is 0.621. The van der Waals surface area contributed by atoms with E-state index < -0.39 is 0 Å². The normalized spacial score (nSPS) is 15.6. The number of fused-ring (bicyclic) bond motifs is 1. The third kappa shape index (κ3) is 3.19. The molecule has 0 N–H and O–H groups in total. The molecule has 21 heavy (non-hydrogen) atoms. The van der Waals surface area contributed by atoms with Crippen molar-refractivity contribution in [2.75, 3.05) is 6.61 Å². The predicted molar refractivity (Wildman–Crippen MR) is 94.1 cm³/mol. The highest BCUT2D eigenvalue weighted by Crippen LogP contribution is 2.42. The molecular weight excluding hydrogens is 344 g/mol. The average molecular weight is 365 g/mol. The summed E-state index contributed by atoms with van der Waals surface area (Å²) in [5, 5.41) is 0. The van der Waals surface area contributed by atoms with E-state index in [2.05, 4.69) is 47.1 Å². The van der Waals surface area contributed by atoms with E-state index in [1.807, 2.05) is 18.3 Å². The molecule has 0 saturated carbocycles. The number of hydrogen-bond donors (Lipinski definition) is 0. The Labute approximate surface area is 139 Å². The van der Waals surface area contributed by atoms with Crippen LogP contribution in [0.1, 0.15) is 51.0 Å². The summed E-state index contributed by atoms with van der Waals surface area (Å²) in [6.45, 7) is 4.88. The molecule has 0 aliphatic heterocycles. The van der Waals surface area contributed by atoms with Crippen LogP contribution in [0.25, 0.3) is 0 Å². The van der Waals surface area contributed by atoms with Crippen LogP contribution in [0.2, 0.25) is 0 Å². The van der Waals surface area contributed by atoms with Crippen LogP contribution in [0.4, 0.5) is 0 Å². The van der Waals surface area contributed by atoms with Crippen LogP contribution in [0.15, 0.2) is 24.3 Å². The molecule has 1 atom stereocenters. The molecule has 3 rings (SSSR count). The van der Waals surface area contributed by atoms with Gasteiger partial charge in [0.2, 0.25) is 0 Å². The predicted octanol–water partition coefficient (Wildman–Crippen LogP) is 5.82. The van der Waals surface area contributed by atoms with E-state index in [0.717, 1.165) is 5.75 Å². The Balaban J connectivity index is 1.95. The highest BCUT2D eigenvalue weighted by Gasteiger charge is 2.21. The minimum absolute atomic E-state index is 0.231. The lowest BCUT2D eigenvalue weighted by molar-refractivity contribution is 0.337. The van der Waals surface area contributed by atoms with Gasteiger partial charge < -0.3 is 4.74 Å².